The molecule has 0 unspecified atom stereocenters. The minimum Gasteiger partial charge on any atom is -0.507 e. The minimum absolute atomic E-state index is 0.0332. The Labute approximate surface area is 108 Å². The van der Waals surface area contributed by atoms with Crippen LogP contribution < -0.4 is 5.73 Å². The predicted molar refractivity (Wildman–Crippen MR) is 69.3 cm³/mol. The number of aromatic hydroxyl groups is 1. The molecule has 1 saturated heterocycles. The van der Waals surface area contributed by atoms with Crippen molar-refractivity contribution in [2.24, 2.45) is 5.73 Å². The number of carbonyl (C=O) groups excluding carboxylic acids is 1. The molecule has 1 aromatic rings. The van der Waals surface area contributed by atoms with Gasteiger partial charge in [-0.15, -0.1) is 0 Å². The minimum atomic E-state index is -0.135. The summed E-state index contributed by atoms with van der Waals surface area (Å²) in [5, 5.41) is 9.65. The van der Waals surface area contributed by atoms with Gasteiger partial charge in [0.05, 0.1) is 5.56 Å². The molecule has 0 aromatic heterocycles. The van der Waals surface area contributed by atoms with E-state index in [1.54, 1.807) is 23.1 Å². The molecule has 0 aliphatic carbocycles. The lowest BCUT2D eigenvalue weighted by Gasteiger charge is -2.16. The van der Waals surface area contributed by atoms with E-state index < -0.39 is 0 Å². The molecular weight excluding hydrogens is 319 g/mol. The second-order valence-corrected chi connectivity index (χ2v) is 5.21. The zero-order valence-electron chi connectivity index (χ0n) is 8.69. The van der Waals surface area contributed by atoms with Crippen LogP contribution in [-0.4, -0.2) is 35.0 Å². The Morgan fingerprint density at radius 1 is 1.56 bits per heavy atom. The number of nitrogens with zero attached hydrogens (tertiary/aromatic N) is 1. The number of nitrogens with two attached hydrogens (primary N) is 1. The fourth-order valence-corrected chi connectivity index (χ4v) is 2.31. The molecule has 2 rings (SSSR count). The third-order valence-electron chi connectivity index (χ3n) is 2.70. The van der Waals surface area contributed by atoms with Gasteiger partial charge in [0.25, 0.3) is 5.91 Å². The van der Waals surface area contributed by atoms with Gasteiger partial charge in [0.2, 0.25) is 0 Å². The van der Waals surface area contributed by atoms with Gasteiger partial charge in [-0.2, -0.15) is 0 Å². The van der Waals surface area contributed by atoms with Gasteiger partial charge in [-0.25, -0.2) is 0 Å². The number of phenols is 1. The first-order chi connectivity index (χ1) is 7.58. The van der Waals surface area contributed by atoms with Crippen molar-refractivity contribution in [3.05, 3.63) is 27.3 Å². The van der Waals surface area contributed by atoms with Crippen LogP contribution in [0.15, 0.2) is 18.2 Å². The van der Waals surface area contributed by atoms with E-state index in [1.807, 2.05) is 0 Å². The maximum absolute atomic E-state index is 12.1. The number of carbonyl (C=O) groups is 1. The molecule has 1 atom stereocenters. The van der Waals surface area contributed by atoms with Crippen LogP contribution in [0.5, 0.6) is 5.75 Å². The van der Waals surface area contributed by atoms with Crippen molar-refractivity contribution in [3.63, 3.8) is 0 Å². The molecule has 5 heteroatoms. The summed E-state index contributed by atoms with van der Waals surface area (Å²) in [6.07, 6.45) is 0.830. The highest BCUT2D eigenvalue weighted by atomic mass is 127. The molecule has 0 saturated carbocycles. The number of amides is 1. The summed E-state index contributed by atoms with van der Waals surface area (Å²) in [4.78, 5) is 13.8. The van der Waals surface area contributed by atoms with Crippen LogP contribution >= 0.6 is 22.6 Å². The van der Waals surface area contributed by atoms with Crippen molar-refractivity contribution in [1.29, 1.82) is 0 Å². The Balaban J connectivity index is 2.23. The van der Waals surface area contributed by atoms with E-state index in [9.17, 15) is 9.90 Å². The normalized spacial score (nSPS) is 20.1. The van der Waals surface area contributed by atoms with E-state index in [0.29, 0.717) is 18.7 Å². The van der Waals surface area contributed by atoms with Gasteiger partial charge in [-0.05, 0) is 47.2 Å². The molecule has 0 radical (unpaired) electrons. The molecule has 86 valence electrons. The number of phenolic OH excluding ortho intramolecular Hbond substituents is 1. The van der Waals surface area contributed by atoms with Gasteiger partial charge in [-0.3, -0.25) is 4.79 Å². The van der Waals surface area contributed by atoms with E-state index in [2.05, 4.69) is 22.6 Å². The largest absolute Gasteiger partial charge is 0.507 e. The van der Waals surface area contributed by atoms with Crippen molar-refractivity contribution >= 4 is 28.5 Å². The average molecular weight is 332 g/mol. The van der Waals surface area contributed by atoms with E-state index in [1.165, 1.54) is 0 Å². The summed E-state index contributed by atoms with van der Waals surface area (Å²) in [6.45, 7) is 1.24. The fourth-order valence-electron chi connectivity index (χ4n) is 1.82. The summed E-state index contributed by atoms with van der Waals surface area (Å²) in [5.74, 6) is -0.102. The van der Waals surface area contributed by atoms with Crippen molar-refractivity contribution in [2.75, 3.05) is 13.1 Å². The molecule has 1 fully saturated rings. The van der Waals surface area contributed by atoms with Gasteiger partial charge in [0.15, 0.2) is 0 Å². The summed E-state index contributed by atoms with van der Waals surface area (Å²) in [5.41, 5.74) is 6.11. The van der Waals surface area contributed by atoms with Crippen molar-refractivity contribution in [3.8, 4) is 5.75 Å². The molecular formula is C11H13IN2O2. The van der Waals surface area contributed by atoms with Crippen molar-refractivity contribution in [2.45, 2.75) is 12.5 Å². The SMILES string of the molecule is N[C@@H]1CCN(C(=O)c2cc(I)ccc2O)C1. The lowest BCUT2D eigenvalue weighted by atomic mass is 10.2. The van der Waals surface area contributed by atoms with E-state index >= 15 is 0 Å². The van der Waals surface area contributed by atoms with Gasteiger partial charge in [-0.1, -0.05) is 0 Å². The van der Waals surface area contributed by atoms with Crippen LogP contribution in [0.2, 0.25) is 0 Å². The lowest BCUT2D eigenvalue weighted by molar-refractivity contribution is 0.0788. The summed E-state index contributed by atoms with van der Waals surface area (Å²) >= 11 is 2.12. The maximum atomic E-state index is 12.1. The van der Waals surface area contributed by atoms with E-state index in [0.717, 1.165) is 9.99 Å². The van der Waals surface area contributed by atoms with E-state index in [-0.39, 0.29) is 17.7 Å². The van der Waals surface area contributed by atoms with E-state index in [4.69, 9.17) is 5.73 Å². The third-order valence-corrected chi connectivity index (χ3v) is 3.37. The molecule has 1 aliphatic heterocycles. The highest BCUT2D eigenvalue weighted by Crippen LogP contribution is 2.22. The highest BCUT2D eigenvalue weighted by Gasteiger charge is 2.26. The molecule has 1 heterocycles. The number of likely N-dealkylation sites (tertiary alicyclic amines) is 1. The zero-order valence-corrected chi connectivity index (χ0v) is 10.8. The molecule has 3 N–H and O–H groups in total. The topological polar surface area (TPSA) is 66.6 Å². The molecule has 1 aromatic carbocycles. The quantitative estimate of drug-likeness (QED) is 0.759. The van der Waals surface area contributed by atoms with Crippen LogP contribution in [0, 0.1) is 3.57 Å². The zero-order chi connectivity index (χ0) is 11.7. The van der Waals surface area contributed by atoms with Crippen molar-refractivity contribution < 1.29 is 9.90 Å². The van der Waals surface area contributed by atoms with Gasteiger partial charge < -0.3 is 15.7 Å². The average Bonchev–Trinajstić information content (AvgIpc) is 2.67. The Morgan fingerprint density at radius 2 is 2.31 bits per heavy atom. The van der Waals surface area contributed by atoms with Crippen LogP contribution in [0.4, 0.5) is 0 Å². The first-order valence-corrected chi connectivity index (χ1v) is 6.19. The number of rotatable bonds is 1. The second-order valence-electron chi connectivity index (χ2n) is 3.96. The molecule has 1 aliphatic rings. The van der Waals surface area contributed by atoms with Gasteiger partial charge in [0, 0.05) is 22.7 Å². The maximum Gasteiger partial charge on any atom is 0.257 e. The Kier molecular flexibility index (Phi) is 3.34. The second kappa shape index (κ2) is 4.58. The highest BCUT2D eigenvalue weighted by molar-refractivity contribution is 14.1. The number of benzene rings is 1. The number of hydrogen-bond acceptors (Lipinski definition) is 3. The lowest BCUT2D eigenvalue weighted by Crippen LogP contribution is -2.31. The predicted octanol–water partition coefficient (Wildman–Crippen LogP) is 1.17. The molecule has 0 spiro atoms. The summed E-state index contributed by atoms with van der Waals surface area (Å²) < 4.78 is 0.933. The first kappa shape index (κ1) is 11.7. The monoisotopic (exact) mass is 332 g/mol. The van der Waals surface area contributed by atoms with Crippen LogP contribution in [0.1, 0.15) is 16.8 Å². The summed E-state index contributed by atoms with van der Waals surface area (Å²) in [7, 11) is 0. The Bertz CT molecular complexity index is 422. The first-order valence-electron chi connectivity index (χ1n) is 5.11. The fraction of sp³-hybridized carbons (Fsp3) is 0.364. The molecule has 1 amide bonds. The Hall–Kier alpha value is -0.820. The number of halogens is 1. The van der Waals surface area contributed by atoms with Crippen molar-refractivity contribution in [1.82, 2.24) is 4.90 Å². The number of hydrogen-bond donors (Lipinski definition) is 2. The van der Waals surface area contributed by atoms with Gasteiger partial charge >= 0.3 is 0 Å². The molecule has 0 bridgehead atoms. The summed E-state index contributed by atoms with van der Waals surface area (Å²) in [6, 6.07) is 5.07. The van der Waals surface area contributed by atoms with Crippen LogP contribution in [0.25, 0.3) is 0 Å². The molecule has 4 nitrogen and oxygen atoms in total. The smallest absolute Gasteiger partial charge is 0.257 e. The van der Waals surface area contributed by atoms with Gasteiger partial charge in [0.1, 0.15) is 5.75 Å². The standard InChI is InChI=1S/C11H13IN2O2/c12-7-1-2-10(15)9(5-7)11(16)14-4-3-8(13)6-14/h1-2,5,8,15H,3-4,6,13H2/t8-/m1/s1. The third kappa shape index (κ3) is 2.30. The van der Waals surface area contributed by atoms with Crippen LogP contribution in [-0.2, 0) is 0 Å². The molecule has 16 heavy (non-hydrogen) atoms. The van der Waals surface area contributed by atoms with Crippen LogP contribution in [0.3, 0.4) is 0 Å². The Morgan fingerprint density at radius 3 is 2.94 bits per heavy atom.